The van der Waals surface area contributed by atoms with Crippen molar-refractivity contribution < 1.29 is 0 Å². The van der Waals surface area contributed by atoms with E-state index in [1.807, 2.05) is 0 Å². The van der Waals surface area contributed by atoms with Crippen molar-refractivity contribution in [3.05, 3.63) is 11.6 Å². The number of hydrogen-bond acceptors (Lipinski definition) is 2. The van der Waals surface area contributed by atoms with Crippen molar-refractivity contribution in [2.75, 3.05) is 13.1 Å². The van der Waals surface area contributed by atoms with Gasteiger partial charge in [0.1, 0.15) is 0 Å². The summed E-state index contributed by atoms with van der Waals surface area (Å²) in [4.78, 5) is 2.57. The Bertz CT molecular complexity index is 274. The summed E-state index contributed by atoms with van der Waals surface area (Å²) in [5.41, 5.74) is 0.975. The molecule has 2 heteroatoms. The van der Waals surface area contributed by atoms with Crippen LogP contribution in [0.3, 0.4) is 0 Å². The Morgan fingerprint density at radius 1 is 1.31 bits per heavy atom. The van der Waals surface area contributed by atoms with E-state index in [-0.39, 0.29) is 0 Å². The summed E-state index contributed by atoms with van der Waals surface area (Å²) < 4.78 is 0. The zero-order valence-electron chi connectivity index (χ0n) is 11.0. The second-order valence-corrected chi connectivity index (χ2v) is 5.68. The average molecular weight is 220 g/mol. The lowest BCUT2D eigenvalue weighted by atomic mass is 10.1. The van der Waals surface area contributed by atoms with Gasteiger partial charge in [0.25, 0.3) is 0 Å². The molecule has 90 valence electrons. The maximum absolute atomic E-state index is 8.89. The van der Waals surface area contributed by atoms with Crippen LogP contribution in [0.15, 0.2) is 11.6 Å². The van der Waals surface area contributed by atoms with Crippen molar-refractivity contribution >= 4 is 0 Å². The van der Waals surface area contributed by atoms with E-state index in [0.717, 1.165) is 31.5 Å². The van der Waals surface area contributed by atoms with Gasteiger partial charge >= 0.3 is 0 Å². The van der Waals surface area contributed by atoms with Crippen LogP contribution >= 0.6 is 0 Å². The van der Waals surface area contributed by atoms with Gasteiger partial charge in [0.2, 0.25) is 0 Å². The minimum atomic E-state index is 0.569. The molecular formula is C14H24N2. The van der Waals surface area contributed by atoms with Crippen molar-refractivity contribution in [1.29, 1.82) is 5.26 Å². The highest BCUT2D eigenvalue weighted by atomic mass is 15.2. The van der Waals surface area contributed by atoms with Gasteiger partial charge in [0.15, 0.2) is 0 Å². The Hall–Kier alpha value is -0.810. The molecule has 0 spiro atoms. The SMILES string of the molecule is CC(C)CN(CC(C)C)C1CC=C(C#N)C1. The van der Waals surface area contributed by atoms with E-state index in [0.29, 0.717) is 17.9 Å². The maximum atomic E-state index is 8.89. The predicted molar refractivity (Wildman–Crippen MR) is 68.0 cm³/mol. The predicted octanol–water partition coefficient (Wildman–Crippen LogP) is 3.21. The number of nitrogens with zero attached hydrogens (tertiary/aromatic N) is 2. The van der Waals surface area contributed by atoms with Gasteiger partial charge in [-0.1, -0.05) is 33.8 Å². The molecule has 0 heterocycles. The molecule has 0 aliphatic heterocycles. The molecule has 1 rings (SSSR count). The van der Waals surface area contributed by atoms with E-state index in [1.165, 1.54) is 0 Å². The van der Waals surface area contributed by atoms with Crippen LogP contribution in [0, 0.1) is 23.2 Å². The minimum Gasteiger partial charge on any atom is -0.299 e. The van der Waals surface area contributed by atoms with Crippen LogP contribution in [0.2, 0.25) is 0 Å². The second kappa shape index (κ2) is 6.06. The molecule has 1 aliphatic rings. The normalized spacial score (nSPS) is 20.6. The van der Waals surface area contributed by atoms with E-state index in [2.05, 4.69) is 44.7 Å². The summed E-state index contributed by atoms with van der Waals surface area (Å²) in [7, 11) is 0. The van der Waals surface area contributed by atoms with Crippen LogP contribution < -0.4 is 0 Å². The van der Waals surface area contributed by atoms with Crippen molar-refractivity contribution in [2.45, 2.75) is 46.6 Å². The minimum absolute atomic E-state index is 0.569. The van der Waals surface area contributed by atoms with E-state index in [1.54, 1.807) is 0 Å². The molecule has 0 saturated carbocycles. The molecule has 0 aromatic carbocycles. The molecular weight excluding hydrogens is 196 g/mol. The third-order valence-electron chi connectivity index (χ3n) is 2.95. The van der Waals surface area contributed by atoms with E-state index >= 15 is 0 Å². The fourth-order valence-corrected chi connectivity index (χ4v) is 2.38. The first-order valence-corrected chi connectivity index (χ1v) is 6.36. The van der Waals surface area contributed by atoms with Gasteiger partial charge < -0.3 is 0 Å². The molecule has 0 aromatic rings. The lowest BCUT2D eigenvalue weighted by Crippen LogP contribution is -2.39. The van der Waals surface area contributed by atoms with Gasteiger partial charge in [-0.2, -0.15) is 5.26 Å². The van der Waals surface area contributed by atoms with Crippen LogP contribution in [0.25, 0.3) is 0 Å². The fourth-order valence-electron chi connectivity index (χ4n) is 2.38. The topological polar surface area (TPSA) is 27.0 Å². The first-order chi connectivity index (χ1) is 7.52. The third kappa shape index (κ3) is 3.98. The molecule has 1 unspecified atom stereocenters. The number of hydrogen-bond donors (Lipinski definition) is 0. The fraction of sp³-hybridized carbons (Fsp3) is 0.786. The number of rotatable bonds is 5. The third-order valence-corrected chi connectivity index (χ3v) is 2.95. The Balaban J connectivity index is 2.54. The maximum Gasteiger partial charge on any atom is 0.0944 e. The van der Waals surface area contributed by atoms with Crippen molar-refractivity contribution in [3.8, 4) is 6.07 Å². The standard InChI is InChI=1S/C14H24N2/c1-11(2)9-16(10-12(3)4)14-6-5-13(7-14)8-15/h5,11-12,14H,6-7,9-10H2,1-4H3. The molecule has 0 amide bonds. The van der Waals surface area contributed by atoms with Gasteiger partial charge in [0.05, 0.1) is 6.07 Å². The first kappa shape index (κ1) is 13.3. The quantitative estimate of drug-likeness (QED) is 0.711. The van der Waals surface area contributed by atoms with Crippen LogP contribution in [-0.4, -0.2) is 24.0 Å². The Morgan fingerprint density at radius 2 is 1.88 bits per heavy atom. The molecule has 0 aromatic heterocycles. The van der Waals surface area contributed by atoms with Crippen LogP contribution in [-0.2, 0) is 0 Å². The highest BCUT2D eigenvalue weighted by Crippen LogP contribution is 2.24. The molecule has 2 nitrogen and oxygen atoms in total. The summed E-state index contributed by atoms with van der Waals surface area (Å²) >= 11 is 0. The van der Waals surface area contributed by atoms with Crippen LogP contribution in [0.1, 0.15) is 40.5 Å². The molecule has 16 heavy (non-hydrogen) atoms. The molecule has 0 fully saturated rings. The molecule has 0 N–H and O–H groups in total. The van der Waals surface area contributed by atoms with E-state index in [4.69, 9.17) is 5.26 Å². The summed E-state index contributed by atoms with van der Waals surface area (Å²) in [5, 5.41) is 8.89. The van der Waals surface area contributed by atoms with Gasteiger partial charge in [-0.05, 0) is 24.7 Å². The summed E-state index contributed by atoms with van der Waals surface area (Å²) in [5.74, 6) is 1.40. The molecule has 0 radical (unpaired) electrons. The van der Waals surface area contributed by atoms with Crippen LogP contribution in [0.5, 0.6) is 0 Å². The van der Waals surface area contributed by atoms with Gasteiger partial charge in [-0.3, -0.25) is 4.90 Å². The zero-order valence-corrected chi connectivity index (χ0v) is 11.0. The second-order valence-electron chi connectivity index (χ2n) is 5.68. The molecule has 0 bridgehead atoms. The zero-order chi connectivity index (χ0) is 12.1. The lowest BCUT2D eigenvalue weighted by Gasteiger charge is -2.31. The van der Waals surface area contributed by atoms with Gasteiger partial charge in [-0.15, -0.1) is 0 Å². The highest BCUT2D eigenvalue weighted by molar-refractivity contribution is 5.26. The summed E-state index contributed by atoms with van der Waals surface area (Å²) in [6.07, 6.45) is 4.12. The van der Waals surface area contributed by atoms with Crippen molar-refractivity contribution in [2.24, 2.45) is 11.8 Å². The number of nitriles is 1. The molecule has 1 aliphatic carbocycles. The average Bonchev–Trinajstić information content (AvgIpc) is 2.63. The lowest BCUT2D eigenvalue weighted by molar-refractivity contribution is 0.161. The Kier molecular flexibility index (Phi) is 5.02. The van der Waals surface area contributed by atoms with Gasteiger partial charge in [-0.25, -0.2) is 0 Å². The van der Waals surface area contributed by atoms with Gasteiger partial charge in [0, 0.05) is 24.7 Å². The molecule has 0 saturated heterocycles. The van der Waals surface area contributed by atoms with E-state index < -0.39 is 0 Å². The largest absolute Gasteiger partial charge is 0.299 e. The van der Waals surface area contributed by atoms with E-state index in [9.17, 15) is 0 Å². The van der Waals surface area contributed by atoms with Crippen molar-refractivity contribution in [1.82, 2.24) is 4.90 Å². The van der Waals surface area contributed by atoms with Crippen molar-refractivity contribution in [3.63, 3.8) is 0 Å². The summed E-state index contributed by atoms with van der Waals surface area (Å²) in [6, 6.07) is 2.86. The highest BCUT2D eigenvalue weighted by Gasteiger charge is 2.24. The molecule has 1 atom stereocenters. The van der Waals surface area contributed by atoms with Crippen LogP contribution in [0.4, 0.5) is 0 Å². The monoisotopic (exact) mass is 220 g/mol. The first-order valence-electron chi connectivity index (χ1n) is 6.36. The summed E-state index contributed by atoms with van der Waals surface area (Å²) in [6.45, 7) is 11.4. The smallest absolute Gasteiger partial charge is 0.0944 e. The Morgan fingerprint density at radius 3 is 2.25 bits per heavy atom. The Labute approximate surface area is 99.9 Å².